The molecule has 4 atom stereocenters. The summed E-state index contributed by atoms with van der Waals surface area (Å²) in [6.07, 6.45) is 1.50. The number of hydrogen-bond acceptors (Lipinski definition) is 19. The average molecular weight is 1210 g/mol. The number of aryl methyl sites for hydroxylation is 1. The van der Waals surface area contributed by atoms with E-state index in [2.05, 4.69) is 26.6 Å². The first-order chi connectivity index (χ1) is 35.1. The minimum Gasteiger partial charge on any atom is -0.549 e. The summed E-state index contributed by atoms with van der Waals surface area (Å²) in [5, 5.41) is 70.0. The van der Waals surface area contributed by atoms with Crippen molar-refractivity contribution in [2.45, 2.75) is 77.0 Å². The summed E-state index contributed by atoms with van der Waals surface area (Å²) in [7, 11) is 0. The Labute approximate surface area is 472 Å². The molecule has 2 saturated heterocycles. The van der Waals surface area contributed by atoms with Crippen LogP contribution in [0.2, 0.25) is 0 Å². The standard InChI is InChI=1S/C48H69N11O14S.Gd/c1-30(2)25-36(45(69)50-31(3)43(67)54-73)53-46(70)37-5-4-16-59(37)39(60)26-49-44(68)33-9-13-35(14-10-33)52-48(74)51-34-11-6-32(7-12-34)8-15-38(47(71)72)58-23-21-56(28-41(63)64)19-17-55(27-40(61)62)18-20-57(22-24-58)29-42(65)66;/h6-7,9-14,30-31,36-38,73H,4-5,8,15-29H2,1-3H3,(H,49,68)(H,50,69)(H,53,70)(H,54,67)(H,61,62)(H,63,64)(H,65,66)(H,71,72)(H2,51,52,74);/q;+3/p-4/t31-,36+,37-,38?;/m0./s1. The summed E-state index contributed by atoms with van der Waals surface area (Å²) >= 11 is 5.50. The molecular weight excluding hydrogens is 1140 g/mol. The van der Waals surface area contributed by atoms with Crippen LogP contribution in [0.25, 0.3) is 0 Å². The fourth-order valence-corrected chi connectivity index (χ4v) is 8.77. The van der Waals surface area contributed by atoms with Gasteiger partial charge < -0.3 is 71.1 Å². The molecule has 0 aliphatic carbocycles. The predicted molar refractivity (Wildman–Crippen MR) is 262 cm³/mol. The van der Waals surface area contributed by atoms with E-state index in [1.54, 1.807) is 41.3 Å². The van der Waals surface area contributed by atoms with Crippen molar-refractivity contribution in [3.63, 3.8) is 0 Å². The average Bonchev–Trinajstić information content (AvgIpc) is 3.84. The van der Waals surface area contributed by atoms with Gasteiger partial charge in [0, 0.05) is 102 Å². The molecule has 2 heterocycles. The molecule has 2 aromatic rings. The Morgan fingerprint density at radius 3 is 1.64 bits per heavy atom. The maximum atomic E-state index is 13.4. The van der Waals surface area contributed by atoms with Gasteiger partial charge in [0.2, 0.25) is 17.7 Å². The van der Waals surface area contributed by atoms with Gasteiger partial charge in [0.1, 0.15) is 18.1 Å². The van der Waals surface area contributed by atoms with Crippen molar-refractivity contribution < 1.29 is 109 Å². The Kier molecular flexibility index (Phi) is 27.3. The Morgan fingerprint density at radius 1 is 0.680 bits per heavy atom. The topological polar surface area (TPSA) is 354 Å². The minimum atomic E-state index is -1.37. The van der Waals surface area contributed by atoms with Gasteiger partial charge in [-0.2, -0.15) is 0 Å². The van der Waals surface area contributed by atoms with Crippen LogP contribution in [0.1, 0.15) is 62.4 Å². The second kappa shape index (κ2) is 32.2. The number of carboxylic acids is 4. The Bertz CT molecular complexity index is 2270. The molecule has 4 rings (SSSR count). The van der Waals surface area contributed by atoms with E-state index in [1.165, 1.54) is 44.1 Å². The fraction of sp³-hybridized carbons (Fsp3) is 0.542. The van der Waals surface area contributed by atoms with Gasteiger partial charge in [0.05, 0.1) is 30.4 Å². The molecule has 1 radical (unpaired) electrons. The number of nitrogens with zero attached hydrogens (tertiary/aromatic N) is 5. The normalized spacial score (nSPS) is 17.3. The fourth-order valence-electron chi connectivity index (χ4n) is 8.54. The van der Waals surface area contributed by atoms with Crippen molar-refractivity contribution in [3.8, 4) is 0 Å². The number of aliphatic carboxylic acids is 4. The second-order valence-electron chi connectivity index (χ2n) is 18.5. The number of carbonyl (C=O) groups is 9. The van der Waals surface area contributed by atoms with Gasteiger partial charge in [-0.3, -0.25) is 48.8 Å². The van der Waals surface area contributed by atoms with Gasteiger partial charge in [-0.25, -0.2) is 5.48 Å². The molecule has 2 aliphatic heterocycles. The maximum Gasteiger partial charge on any atom is 3.00 e. The monoisotopic (exact) mass is 1210 g/mol. The number of thiocarbonyl (C=S) groups is 1. The molecule has 2 aliphatic rings. The van der Waals surface area contributed by atoms with Crippen LogP contribution in [0.15, 0.2) is 48.5 Å². The van der Waals surface area contributed by atoms with E-state index >= 15 is 0 Å². The minimum absolute atomic E-state index is 0. The molecule has 0 spiro atoms. The molecule has 25 nitrogen and oxygen atoms in total. The summed E-state index contributed by atoms with van der Waals surface area (Å²) in [5.74, 6) is -8.52. The number of hydroxylamine groups is 1. The first-order valence-electron chi connectivity index (χ1n) is 24.2. The molecule has 411 valence electrons. The zero-order chi connectivity index (χ0) is 54.5. The Balaban J connectivity index is 0.0000148. The van der Waals surface area contributed by atoms with Crippen LogP contribution in [0.3, 0.4) is 0 Å². The van der Waals surface area contributed by atoms with Gasteiger partial charge >= 0.3 is 39.9 Å². The second-order valence-corrected chi connectivity index (χ2v) is 18.9. The van der Waals surface area contributed by atoms with Crippen LogP contribution in [0.4, 0.5) is 11.4 Å². The SMILES string of the molecule is CC(C)C[C@@H](NC(=O)[C@@H]1CCCN1C(=O)CNC(=O)c1ccc(NC(=S)Nc2ccc(CCC(C(=O)[O-])N3CCN(CC(=O)[O-])CCN(CC(=O)[O-])CCN(CC(=O)[O-])CC3)cc2)cc1)C(=O)N[C@@H](C)C(=O)NO.[Gd+3]. The van der Waals surface area contributed by atoms with Gasteiger partial charge in [0.25, 0.3) is 11.8 Å². The smallest absolute Gasteiger partial charge is 0.549 e. The maximum absolute atomic E-state index is 13.4. The molecule has 2 aromatic carbocycles. The van der Waals surface area contributed by atoms with E-state index in [1.807, 2.05) is 13.8 Å². The van der Waals surface area contributed by atoms with E-state index in [9.17, 15) is 63.6 Å². The number of hydrogen-bond donors (Lipinski definition) is 7. The summed E-state index contributed by atoms with van der Waals surface area (Å²) in [4.78, 5) is 119. The number of likely N-dealkylation sites (tertiary alicyclic amines) is 1. The van der Waals surface area contributed by atoms with Crippen LogP contribution in [-0.4, -0.2) is 197 Å². The van der Waals surface area contributed by atoms with Crippen LogP contribution in [0, 0.1) is 45.9 Å². The third kappa shape index (κ3) is 22.3. The molecular formula is C48H65GdN11O14S-. The summed E-state index contributed by atoms with van der Waals surface area (Å²) in [6.45, 7) is 4.31. The van der Waals surface area contributed by atoms with Crippen molar-refractivity contribution in [3.05, 3.63) is 59.7 Å². The summed E-state index contributed by atoms with van der Waals surface area (Å²) in [6, 6.07) is 9.21. The van der Waals surface area contributed by atoms with Crippen molar-refractivity contribution in [2.75, 3.05) is 95.7 Å². The molecule has 0 aromatic heterocycles. The van der Waals surface area contributed by atoms with Gasteiger partial charge in [-0.15, -0.1) is 0 Å². The molecule has 2 fully saturated rings. The van der Waals surface area contributed by atoms with Crippen LogP contribution < -0.4 is 52.5 Å². The van der Waals surface area contributed by atoms with E-state index in [0.717, 1.165) is 5.56 Å². The molecule has 5 amide bonds. The number of rotatable bonds is 23. The van der Waals surface area contributed by atoms with E-state index < -0.39 is 104 Å². The third-order valence-electron chi connectivity index (χ3n) is 12.4. The molecule has 7 N–H and O–H groups in total. The van der Waals surface area contributed by atoms with Crippen LogP contribution >= 0.6 is 12.2 Å². The number of carboxylic acid groups (broad SMARTS) is 4. The van der Waals surface area contributed by atoms with Crippen molar-refractivity contribution >= 4 is 82.1 Å². The number of amides is 5. The largest absolute Gasteiger partial charge is 3.00 e. The van der Waals surface area contributed by atoms with Gasteiger partial charge in [-0.1, -0.05) is 26.0 Å². The van der Waals surface area contributed by atoms with Crippen molar-refractivity contribution in [1.29, 1.82) is 0 Å². The van der Waals surface area contributed by atoms with E-state index in [-0.39, 0.29) is 128 Å². The zero-order valence-electron chi connectivity index (χ0n) is 42.0. The third-order valence-corrected chi connectivity index (χ3v) is 12.6. The number of benzene rings is 2. The first kappa shape index (κ1) is 63.8. The van der Waals surface area contributed by atoms with Gasteiger partial charge in [-0.05, 0) is 99.1 Å². The number of carbonyl (C=O) groups excluding carboxylic acids is 9. The molecule has 0 bridgehead atoms. The quantitative estimate of drug-likeness (QED) is 0.0310. The Morgan fingerprint density at radius 2 is 1.17 bits per heavy atom. The number of anilines is 2. The van der Waals surface area contributed by atoms with E-state index in [4.69, 9.17) is 17.4 Å². The number of nitrogens with one attached hydrogen (secondary N) is 6. The van der Waals surface area contributed by atoms with E-state index in [0.29, 0.717) is 30.6 Å². The van der Waals surface area contributed by atoms with Gasteiger partial charge in [0.15, 0.2) is 5.11 Å². The molecule has 75 heavy (non-hydrogen) atoms. The Hall–Kier alpha value is -5.52. The first-order valence-corrected chi connectivity index (χ1v) is 24.6. The summed E-state index contributed by atoms with van der Waals surface area (Å²) in [5.41, 5.74) is 3.61. The molecule has 27 heteroatoms. The van der Waals surface area contributed by atoms with Crippen molar-refractivity contribution in [1.82, 2.24) is 45.9 Å². The van der Waals surface area contributed by atoms with Crippen molar-refractivity contribution in [2.24, 2.45) is 5.92 Å². The molecule has 0 saturated carbocycles. The van der Waals surface area contributed by atoms with Crippen LogP contribution in [0.5, 0.6) is 0 Å². The predicted octanol–water partition coefficient (Wildman–Crippen LogP) is -5.72. The molecule has 1 unspecified atom stereocenters. The van der Waals surface area contributed by atoms with Crippen LogP contribution in [-0.2, 0) is 44.8 Å². The zero-order valence-corrected chi connectivity index (χ0v) is 45.1. The summed E-state index contributed by atoms with van der Waals surface area (Å²) < 4.78 is 0.